The fourth-order valence-corrected chi connectivity index (χ4v) is 2.49. The predicted molar refractivity (Wildman–Crippen MR) is 98.2 cm³/mol. The summed E-state index contributed by atoms with van der Waals surface area (Å²) in [6, 6.07) is 18.9. The largest absolute Gasteiger partial charge is 0.364 e. The highest BCUT2D eigenvalue weighted by Gasteiger charge is 2.07. The Balaban J connectivity index is 0.000000173. The summed E-state index contributed by atoms with van der Waals surface area (Å²) in [5.41, 5.74) is 8.26. The Morgan fingerprint density at radius 2 is 1.72 bits per heavy atom. The number of hydrogen-bond donors (Lipinski definition) is 3. The standard InChI is InChI=1S/C12H9N3O.C7H7NO/c13-12(16)10-5-8-7-3-1-2-4-9(7)15-11(8)6-14-10;9-6-8-7-4-2-1-3-5-7/h1-6,15H,(H2,13,16);1-6H,(H,8,9). The van der Waals surface area contributed by atoms with Crippen LogP contribution in [0.3, 0.4) is 0 Å². The van der Waals surface area contributed by atoms with Gasteiger partial charge >= 0.3 is 0 Å². The lowest BCUT2D eigenvalue weighted by Crippen LogP contribution is -2.12. The van der Waals surface area contributed by atoms with E-state index in [4.69, 9.17) is 5.73 Å². The first-order valence-electron chi connectivity index (χ1n) is 7.60. The second-order valence-electron chi connectivity index (χ2n) is 5.28. The second kappa shape index (κ2) is 7.27. The van der Waals surface area contributed by atoms with Gasteiger partial charge in [-0.25, -0.2) is 4.98 Å². The maximum Gasteiger partial charge on any atom is 0.267 e. The van der Waals surface area contributed by atoms with Crippen LogP contribution in [-0.4, -0.2) is 22.3 Å². The highest BCUT2D eigenvalue weighted by atomic mass is 16.1. The lowest BCUT2D eigenvalue weighted by molar-refractivity contribution is -0.105. The number of amides is 2. The zero-order valence-electron chi connectivity index (χ0n) is 13.3. The molecule has 0 atom stereocenters. The van der Waals surface area contributed by atoms with E-state index < -0.39 is 5.91 Å². The van der Waals surface area contributed by atoms with Crippen molar-refractivity contribution in [1.82, 2.24) is 9.97 Å². The van der Waals surface area contributed by atoms with Crippen LogP contribution in [0, 0.1) is 0 Å². The Bertz CT molecular complexity index is 1030. The van der Waals surface area contributed by atoms with Crippen LogP contribution in [0.4, 0.5) is 5.69 Å². The van der Waals surface area contributed by atoms with Crippen LogP contribution in [0.5, 0.6) is 0 Å². The summed E-state index contributed by atoms with van der Waals surface area (Å²) in [4.78, 5) is 28.1. The number of aromatic amines is 1. The lowest BCUT2D eigenvalue weighted by atomic mass is 10.1. The Hall–Kier alpha value is -3.67. The van der Waals surface area contributed by atoms with Crippen LogP contribution >= 0.6 is 0 Å². The fraction of sp³-hybridized carbons (Fsp3) is 0. The molecule has 0 radical (unpaired) electrons. The summed E-state index contributed by atoms with van der Waals surface area (Å²) in [7, 11) is 0. The molecule has 4 N–H and O–H groups in total. The zero-order chi connectivity index (χ0) is 17.6. The van der Waals surface area contributed by atoms with E-state index >= 15 is 0 Å². The molecule has 0 bridgehead atoms. The minimum atomic E-state index is -0.507. The molecule has 2 amide bonds. The van der Waals surface area contributed by atoms with Gasteiger partial charge in [0.1, 0.15) is 5.69 Å². The first kappa shape index (κ1) is 16.2. The van der Waals surface area contributed by atoms with E-state index in [1.165, 1.54) is 0 Å². The molecule has 6 heteroatoms. The number of rotatable bonds is 3. The number of carbonyl (C=O) groups is 2. The van der Waals surface area contributed by atoms with E-state index in [0.717, 1.165) is 27.5 Å². The average Bonchev–Trinajstić information content (AvgIpc) is 3.01. The zero-order valence-corrected chi connectivity index (χ0v) is 13.3. The Labute approximate surface area is 143 Å². The minimum absolute atomic E-state index is 0.289. The summed E-state index contributed by atoms with van der Waals surface area (Å²) in [5.74, 6) is -0.507. The van der Waals surface area contributed by atoms with E-state index in [-0.39, 0.29) is 5.69 Å². The van der Waals surface area contributed by atoms with Crippen LogP contribution in [0.2, 0.25) is 0 Å². The van der Waals surface area contributed by atoms with Crippen LogP contribution in [-0.2, 0) is 4.79 Å². The molecule has 0 aliphatic carbocycles. The van der Waals surface area contributed by atoms with Gasteiger partial charge in [-0.2, -0.15) is 0 Å². The van der Waals surface area contributed by atoms with Crippen LogP contribution in [0.1, 0.15) is 10.5 Å². The Morgan fingerprint density at radius 3 is 2.44 bits per heavy atom. The molecule has 0 aliphatic heterocycles. The molecule has 0 saturated carbocycles. The van der Waals surface area contributed by atoms with Gasteiger partial charge in [0.15, 0.2) is 0 Å². The number of H-pyrrole nitrogens is 1. The van der Waals surface area contributed by atoms with E-state index in [9.17, 15) is 9.59 Å². The number of pyridine rings is 1. The molecule has 4 rings (SSSR count). The van der Waals surface area contributed by atoms with Gasteiger partial charge in [0.25, 0.3) is 5.91 Å². The second-order valence-corrected chi connectivity index (χ2v) is 5.28. The van der Waals surface area contributed by atoms with Gasteiger partial charge in [0.05, 0.1) is 11.7 Å². The molecule has 25 heavy (non-hydrogen) atoms. The first-order valence-corrected chi connectivity index (χ1v) is 7.60. The maximum absolute atomic E-state index is 11.1. The summed E-state index contributed by atoms with van der Waals surface area (Å²) in [5, 5.41) is 4.57. The van der Waals surface area contributed by atoms with Crippen LogP contribution < -0.4 is 11.1 Å². The Kier molecular flexibility index (Phi) is 4.71. The van der Waals surface area contributed by atoms with Gasteiger partial charge in [-0.3, -0.25) is 9.59 Å². The summed E-state index contributed by atoms with van der Waals surface area (Å²) in [6.07, 6.45) is 2.30. The van der Waals surface area contributed by atoms with Crippen molar-refractivity contribution in [2.75, 3.05) is 5.32 Å². The molecule has 0 spiro atoms. The quantitative estimate of drug-likeness (QED) is 0.503. The molecule has 4 aromatic rings. The number of fused-ring (bicyclic) bond motifs is 3. The molecular weight excluding hydrogens is 316 g/mol. The number of nitrogens with two attached hydrogens (primary N) is 1. The number of nitrogens with zero attached hydrogens (tertiary/aromatic N) is 1. The molecule has 2 heterocycles. The molecule has 2 aromatic carbocycles. The van der Waals surface area contributed by atoms with Gasteiger partial charge in [-0.05, 0) is 24.3 Å². The third-order valence-corrected chi connectivity index (χ3v) is 3.64. The summed E-state index contributed by atoms with van der Waals surface area (Å²) < 4.78 is 0. The number of carbonyl (C=O) groups excluding carboxylic acids is 2. The number of primary amides is 1. The van der Waals surface area contributed by atoms with Gasteiger partial charge < -0.3 is 16.0 Å². The minimum Gasteiger partial charge on any atom is -0.364 e. The highest BCUT2D eigenvalue weighted by Crippen LogP contribution is 2.24. The Morgan fingerprint density at radius 1 is 1.00 bits per heavy atom. The first-order chi connectivity index (χ1) is 12.2. The SMILES string of the molecule is NC(=O)c1cc2c(cn1)[nH]c1ccccc12.O=CNc1ccccc1. The van der Waals surface area contributed by atoms with Crippen molar-refractivity contribution in [2.24, 2.45) is 5.73 Å². The smallest absolute Gasteiger partial charge is 0.267 e. The normalized spacial score (nSPS) is 10.1. The number of aromatic nitrogens is 2. The summed E-state index contributed by atoms with van der Waals surface area (Å²) >= 11 is 0. The van der Waals surface area contributed by atoms with Gasteiger partial charge in [-0.1, -0.05) is 36.4 Å². The monoisotopic (exact) mass is 332 g/mol. The third kappa shape index (κ3) is 3.64. The van der Waals surface area contributed by atoms with Gasteiger partial charge in [0, 0.05) is 22.0 Å². The van der Waals surface area contributed by atoms with E-state index in [0.29, 0.717) is 6.41 Å². The molecule has 0 unspecified atom stereocenters. The van der Waals surface area contributed by atoms with Crippen molar-refractivity contribution >= 4 is 39.8 Å². The van der Waals surface area contributed by atoms with Crippen LogP contribution in [0.15, 0.2) is 66.9 Å². The van der Waals surface area contributed by atoms with Gasteiger partial charge in [0.2, 0.25) is 6.41 Å². The van der Waals surface area contributed by atoms with Crippen molar-refractivity contribution in [1.29, 1.82) is 0 Å². The van der Waals surface area contributed by atoms with E-state index in [1.807, 2.05) is 54.6 Å². The lowest BCUT2D eigenvalue weighted by Gasteiger charge is -1.94. The number of hydrogen-bond acceptors (Lipinski definition) is 3. The van der Waals surface area contributed by atoms with Crippen molar-refractivity contribution in [3.8, 4) is 0 Å². The molecule has 2 aromatic heterocycles. The molecule has 0 fully saturated rings. The number of nitrogens with one attached hydrogen (secondary N) is 2. The number of benzene rings is 2. The molecule has 0 saturated heterocycles. The van der Waals surface area contributed by atoms with Gasteiger partial charge in [-0.15, -0.1) is 0 Å². The van der Waals surface area contributed by atoms with Crippen molar-refractivity contribution in [3.63, 3.8) is 0 Å². The van der Waals surface area contributed by atoms with Crippen molar-refractivity contribution in [2.45, 2.75) is 0 Å². The third-order valence-electron chi connectivity index (χ3n) is 3.64. The summed E-state index contributed by atoms with van der Waals surface area (Å²) in [6.45, 7) is 0. The molecule has 0 aliphatic rings. The van der Waals surface area contributed by atoms with E-state index in [2.05, 4.69) is 15.3 Å². The fourth-order valence-electron chi connectivity index (χ4n) is 2.49. The highest BCUT2D eigenvalue weighted by molar-refractivity contribution is 6.08. The maximum atomic E-state index is 11.1. The van der Waals surface area contributed by atoms with Crippen molar-refractivity contribution < 1.29 is 9.59 Å². The van der Waals surface area contributed by atoms with E-state index in [1.54, 1.807) is 12.3 Å². The topological polar surface area (TPSA) is 101 Å². The number of para-hydroxylation sites is 2. The molecular formula is C19H16N4O2. The van der Waals surface area contributed by atoms with Crippen molar-refractivity contribution in [3.05, 3.63) is 72.6 Å². The predicted octanol–water partition coefficient (Wildman–Crippen LogP) is 3.07. The van der Waals surface area contributed by atoms with Crippen LogP contribution in [0.25, 0.3) is 21.8 Å². The number of anilines is 1. The average molecular weight is 332 g/mol. The molecule has 6 nitrogen and oxygen atoms in total. The molecule has 124 valence electrons.